The predicted octanol–water partition coefficient (Wildman–Crippen LogP) is 1.63. The van der Waals surface area contributed by atoms with Gasteiger partial charge in [0.1, 0.15) is 18.3 Å². The molecule has 2 aromatic carbocycles. The van der Waals surface area contributed by atoms with Crippen molar-refractivity contribution in [3.8, 4) is 5.75 Å². The fraction of sp³-hybridized carbons (Fsp3) is 0.323. The first-order valence-corrected chi connectivity index (χ1v) is 16.5. The molecule has 1 heterocycles. The Bertz CT molecular complexity index is 1730. The molecule has 1 atom stereocenters. The van der Waals surface area contributed by atoms with E-state index >= 15 is 0 Å². The number of nitrogens with one attached hydrogen (secondary N) is 4. The summed E-state index contributed by atoms with van der Waals surface area (Å²) in [6.07, 6.45) is 3.67. The van der Waals surface area contributed by atoms with Crippen LogP contribution in [0.5, 0.6) is 5.75 Å². The van der Waals surface area contributed by atoms with E-state index in [2.05, 4.69) is 25.1 Å². The third-order valence-electron chi connectivity index (χ3n) is 7.41. The molecule has 0 saturated heterocycles. The van der Waals surface area contributed by atoms with Gasteiger partial charge in [-0.1, -0.05) is 6.07 Å². The van der Waals surface area contributed by atoms with Crippen molar-refractivity contribution in [2.75, 3.05) is 25.2 Å². The standard InChI is InChI=1S/C31H37N6O10P/c1-4-37(31(41)46-17-45-30(40)20-7-11-23(12-8-20)47-48(42,43)44)29(39)24-14-34-27(19(24)3)26(15-33-16-32)36-25-13-21(6-5-18(25)2)28(38)35-22-9-10-22/h5-8,11-14,16,22,26,34,36H,4,9-10,15,17H2,1-3H3,(H2,32,33)(H,35,38)(H2,42,43,44)/p+1. The summed E-state index contributed by atoms with van der Waals surface area (Å²) >= 11 is 0. The monoisotopic (exact) mass is 685 g/mol. The molecule has 0 aliphatic heterocycles. The lowest BCUT2D eigenvalue weighted by Crippen LogP contribution is -2.72. The van der Waals surface area contributed by atoms with Crippen LogP contribution in [0.3, 0.4) is 0 Å². The number of nitrogens with zero attached hydrogens (tertiary/aromatic N) is 1. The van der Waals surface area contributed by atoms with Gasteiger partial charge in [-0.3, -0.25) is 30.1 Å². The van der Waals surface area contributed by atoms with Crippen LogP contribution in [0.1, 0.15) is 73.7 Å². The maximum Gasteiger partial charge on any atom is 0.524 e. The van der Waals surface area contributed by atoms with Crippen LogP contribution in [-0.4, -0.2) is 75.8 Å². The zero-order valence-electron chi connectivity index (χ0n) is 26.5. The number of phosphoric acid groups is 1. The summed E-state index contributed by atoms with van der Waals surface area (Å²) in [7, 11) is -4.77. The van der Waals surface area contributed by atoms with Gasteiger partial charge in [0, 0.05) is 35.7 Å². The predicted molar refractivity (Wildman–Crippen MR) is 172 cm³/mol. The molecular formula is C31H38N6O10P+. The number of anilines is 1. The van der Waals surface area contributed by atoms with Gasteiger partial charge in [-0.25, -0.2) is 19.1 Å². The summed E-state index contributed by atoms with van der Waals surface area (Å²) in [4.78, 5) is 76.0. The van der Waals surface area contributed by atoms with E-state index in [1.54, 1.807) is 26.0 Å². The van der Waals surface area contributed by atoms with E-state index < -0.39 is 38.6 Å². The van der Waals surface area contributed by atoms with Gasteiger partial charge in [-0.15, -0.1) is 0 Å². The summed E-state index contributed by atoms with van der Waals surface area (Å²) in [5.41, 5.74) is 9.10. The number of hydrogen-bond acceptors (Lipinski definition) is 9. The second kappa shape index (κ2) is 15.6. The highest BCUT2D eigenvalue weighted by molar-refractivity contribution is 7.46. The lowest BCUT2D eigenvalue weighted by atomic mass is 10.0. The van der Waals surface area contributed by atoms with Crippen molar-refractivity contribution >= 4 is 43.7 Å². The van der Waals surface area contributed by atoms with Crippen molar-refractivity contribution in [1.82, 2.24) is 15.2 Å². The van der Waals surface area contributed by atoms with E-state index in [1.165, 1.54) is 24.7 Å². The van der Waals surface area contributed by atoms with Gasteiger partial charge in [0.05, 0.1) is 11.1 Å². The Labute approximate surface area is 275 Å². The Morgan fingerprint density at radius 1 is 1.10 bits per heavy atom. The van der Waals surface area contributed by atoms with Crippen LogP contribution < -0.4 is 25.9 Å². The number of aromatic nitrogens is 1. The van der Waals surface area contributed by atoms with Crippen LogP contribution in [-0.2, 0) is 14.0 Å². The second-order valence-electron chi connectivity index (χ2n) is 10.9. The maximum atomic E-state index is 13.5. The van der Waals surface area contributed by atoms with Gasteiger partial charge in [0.15, 0.2) is 0 Å². The number of carbonyl (C=O) groups is 4. The molecule has 1 fully saturated rings. The van der Waals surface area contributed by atoms with Crippen molar-refractivity contribution in [3.63, 3.8) is 0 Å². The summed E-state index contributed by atoms with van der Waals surface area (Å²) in [6, 6.07) is 9.88. The van der Waals surface area contributed by atoms with Crippen molar-refractivity contribution < 1.29 is 52.5 Å². The van der Waals surface area contributed by atoms with E-state index in [1.807, 2.05) is 13.0 Å². The lowest BCUT2D eigenvalue weighted by molar-refractivity contribution is -0.455. The molecule has 8 N–H and O–H groups in total. The molecule has 0 spiro atoms. The van der Waals surface area contributed by atoms with E-state index in [-0.39, 0.29) is 35.4 Å². The third-order valence-corrected chi connectivity index (χ3v) is 7.86. The number of ether oxygens (including phenoxy) is 2. The molecule has 0 bridgehead atoms. The van der Waals surface area contributed by atoms with Gasteiger partial charge in [0.25, 0.3) is 11.8 Å². The number of nitrogens with two attached hydrogens (primary N) is 1. The molecular weight excluding hydrogens is 647 g/mol. The molecule has 3 aromatic rings. The van der Waals surface area contributed by atoms with Crippen LogP contribution in [0, 0.1) is 13.8 Å². The smallest absolute Gasteiger partial charge is 0.424 e. The Hall–Kier alpha value is -5.18. The maximum absolute atomic E-state index is 13.5. The van der Waals surface area contributed by atoms with Gasteiger partial charge in [-0.2, -0.15) is 0 Å². The molecule has 1 aromatic heterocycles. The number of phosphoric ester groups is 1. The van der Waals surface area contributed by atoms with Crippen molar-refractivity contribution in [2.24, 2.45) is 5.73 Å². The first-order valence-electron chi connectivity index (χ1n) is 14.9. The molecule has 48 heavy (non-hydrogen) atoms. The van der Waals surface area contributed by atoms with Crippen LogP contribution in [0.25, 0.3) is 0 Å². The summed E-state index contributed by atoms with van der Waals surface area (Å²) < 4.78 is 25.3. The van der Waals surface area contributed by atoms with Crippen LogP contribution in [0.2, 0.25) is 0 Å². The summed E-state index contributed by atoms with van der Waals surface area (Å²) in [6.45, 7) is 4.67. The average molecular weight is 686 g/mol. The van der Waals surface area contributed by atoms with Gasteiger partial charge in [-0.05, 0) is 81.1 Å². The molecule has 17 heteroatoms. The molecule has 0 radical (unpaired) electrons. The van der Waals surface area contributed by atoms with Gasteiger partial charge >= 0.3 is 19.9 Å². The van der Waals surface area contributed by atoms with E-state index in [9.17, 15) is 23.7 Å². The fourth-order valence-corrected chi connectivity index (χ4v) is 5.09. The van der Waals surface area contributed by atoms with Gasteiger partial charge < -0.3 is 29.6 Å². The van der Waals surface area contributed by atoms with Crippen LogP contribution in [0.4, 0.5) is 10.5 Å². The molecule has 3 amide bonds. The Balaban J connectivity index is 1.41. The molecule has 1 aliphatic rings. The molecule has 16 nitrogen and oxygen atoms in total. The highest BCUT2D eigenvalue weighted by Crippen LogP contribution is 2.37. The third kappa shape index (κ3) is 9.44. The van der Waals surface area contributed by atoms with Crippen LogP contribution in [0.15, 0.2) is 48.7 Å². The Morgan fingerprint density at radius 3 is 2.42 bits per heavy atom. The molecule has 4 rings (SSSR count). The highest BCUT2D eigenvalue weighted by Gasteiger charge is 2.29. The van der Waals surface area contributed by atoms with Gasteiger partial charge in [0.2, 0.25) is 13.1 Å². The molecule has 1 aliphatic carbocycles. The molecule has 1 unspecified atom stereocenters. The van der Waals surface area contributed by atoms with E-state index in [0.29, 0.717) is 29.1 Å². The quantitative estimate of drug-likeness (QED) is 0.0422. The first kappa shape index (κ1) is 35.7. The zero-order chi connectivity index (χ0) is 35.0. The van der Waals surface area contributed by atoms with E-state index in [0.717, 1.165) is 35.4 Å². The number of esters is 1. The number of H-pyrrole nitrogens is 1. The topological polar surface area (TPSA) is 237 Å². The fourth-order valence-electron chi connectivity index (χ4n) is 4.69. The second-order valence-corrected chi connectivity index (χ2v) is 12.1. The minimum Gasteiger partial charge on any atom is -0.424 e. The largest absolute Gasteiger partial charge is 0.524 e. The normalized spacial score (nSPS) is 13.4. The van der Waals surface area contributed by atoms with Crippen molar-refractivity contribution in [1.29, 1.82) is 0 Å². The molecule has 256 valence electrons. The number of rotatable bonds is 14. The Morgan fingerprint density at radius 2 is 1.79 bits per heavy atom. The SMILES string of the molecule is CCN(C(=O)OCOC(=O)c1ccc(OP(=O)(O)O)cc1)C(=O)c1c[nH]c(C(C[NH+]=CN)Nc2cc(C(=O)NC3CC3)ccc2C)c1C. The summed E-state index contributed by atoms with van der Waals surface area (Å²) in [5, 5.41) is 6.41. The van der Waals surface area contributed by atoms with E-state index in [4.69, 9.17) is 25.0 Å². The highest BCUT2D eigenvalue weighted by atomic mass is 31.2. The number of benzene rings is 2. The number of hydrogen-bond donors (Lipinski definition) is 7. The number of aryl methyl sites for hydroxylation is 1. The minimum atomic E-state index is -4.77. The number of carbonyl (C=O) groups excluding carboxylic acids is 4. The first-order chi connectivity index (χ1) is 22.8. The van der Waals surface area contributed by atoms with Crippen molar-refractivity contribution in [3.05, 3.63) is 82.2 Å². The lowest BCUT2D eigenvalue weighted by Gasteiger charge is -2.21. The Kier molecular flexibility index (Phi) is 11.6. The summed E-state index contributed by atoms with van der Waals surface area (Å²) in [5.74, 6) is -1.86. The molecule has 1 saturated carbocycles. The number of imide groups is 1. The minimum absolute atomic E-state index is 0.00338. The number of amides is 3. The average Bonchev–Trinajstić information content (AvgIpc) is 3.77. The van der Waals surface area contributed by atoms with Crippen molar-refractivity contribution in [2.45, 2.75) is 45.7 Å². The number of aromatic amines is 1. The zero-order valence-corrected chi connectivity index (χ0v) is 27.4. The van der Waals surface area contributed by atoms with Crippen LogP contribution >= 0.6 is 7.82 Å².